The summed E-state index contributed by atoms with van der Waals surface area (Å²) in [5, 5.41) is 0. The van der Waals surface area contributed by atoms with Crippen LogP contribution in [0.1, 0.15) is 12.5 Å². The zero-order valence-electron chi connectivity index (χ0n) is 8.74. The Kier molecular flexibility index (Phi) is 4.79. The molecule has 0 aromatic heterocycles. The van der Waals surface area contributed by atoms with Gasteiger partial charge in [-0.15, -0.1) is 11.8 Å². The van der Waals surface area contributed by atoms with E-state index in [1.165, 1.54) is 4.90 Å². The number of carbonyl (C=O) groups is 1. The van der Waals surface area contributed by atoms with Crippen molar-refractivity contribution in [3.8, 4) is 11.8 Å². The van der Waals surface area contributed by atoms with Crippen molar-refractivity contribution < 1.29 is 9.53 Å². The summed E-state index contributed by atoms with van der Waals surface area (Å²) in [7, 11) is 0. The SMILES string of the molecule is CCOC(=O)C#Cc1ccc(SC)cc1. The molecule has 0 aliphatic carbocycles. The van der Waals surface area contributed by atoms with Gasteiger partial charge in [0.2, 0.25) is 0 Å². The van der Waals surface area contributed by atoms with Gasteiger partial charge in [0.15, 0.2) is 0 Å². The third kappa shape index (κ3) is 4.09. The summed E-state index contributed by atoms with van der Waals surface area (Å²) in [5.41, 5.74) is 0.820. The van der Waals surface area contributed by atoms with Crippen LogP contribution in [-0.2, 0) is 9.53 Å². The topological polar surface area (TPSA) is 26.3 Å². The maximum absolute atomic E-state index is 10.9. The van der Waals surface area contributed by atoms with Crippen molar-refractivity contribution in [2.75, 3.05) is 12.9 Å². The average Bonchev–Trinajstić information content (AvgIpc) is 2.27. The number of ether oxygens (including phenoxy) is 1. The van der Waals surface area contributed by atoms with Crippen LogP contribution in [0, 0.1) is 11.8 Å². The van der Waals surface area contributed by atoms with Gasteiger partial charge in [0.1, 0.15) is 0 Å². The fourth-order valence-corrected chi connectivity index (χ4v) is 1.37. The molecule has 15 heavy (non-hydrogen) atoms. The predicted molar refractivity (Wildman–Crippen MR) is 61.7 cm³/mol. The molecule has 0 saturated carbocycles. The van der Waals surface area contributed by atoms with Crippen LogP contribution in [-0.4, -0.2) is 18.8 Å². The van der Waals surface area contributed by atoms with Gasteiger partial charge in [-0.1, -0.05) is 5.92 Å². The van der Waals surface area contributed by atoms with Crippen LogP contribution >= 0.6 is 11.8 Å². The van der Waals surface area contributed by atoms with E-state index in [4.69, 9.17) is 4.74 Å². The number of carbonyl (C=O) groups excluding carboxylic acids is 1. The molecule has 78 valence electrons. The maximum atomic E-state index is 10.9. The molecule has 0 unspecified atom stereocenters. The van der Waals surface area contributed by atoms with Crippen molar-refractivity contribution in [3.05, 3.63) is 29.8 Å². The van der Waals surface area contributed by atoms with Gasteiger partial charge in [-0.2, -0.15) is 0 Å². The van der Waals surface area contributed by atoms with E-state index in [9.17, 15) is 4.79 Å². The quantitative estimate of drug-likeness (QED) is 0.434. The zero-order chi connectivity index (χ0) is 11.1. The van der Waals surface area contributed by atoms with Crippen molar-refractivity contribution in [1.82, 2.24) is 0 Å². The average molecular weight is 220 g/mol. The van der Waals surface area contributed by atoms with Gasteiger partial charge in [0.25, 0.3) is 0 Å². The van der Waals surface area contributed by atoms with E-state index in [0.29, 0.717) is 6.61 Å². The first-order chi connectivity index (χ1) is 7.26. The number of hydrogen-bond acceptors (Lipinski definition) is 3. The van der Waals surface area contributed by atoms with Gasteiger partial charge in [-0.3, -0.25) is 0 Å². The lowest BCUT2D eigenvalue weighted by molar-refractivity contribution is -0.136. The monoisotopic (exact) mass is 220 g/mol. The molecule has 1 aromatic rings. The van der Waals surface area contributed by atoms with Crippen molar-refractivity contribution in [1.29, 1.82) is 0 Å². The second-order valence-corrected chi connectivity index (χ2v) is 3.58. The van der Waals surface area contributed by atoms with E-state index < -0.39 is 5.97 Å². The minimum Gasteiger partial charge on any atom is -0.456 e. The smallest absolute Gasteiger partial charge is 0.384 e. The summed E-state index contributed by atoms with van der Waals surface area (Å²) in [6.45, 7) is 2.12. The molecule has 0 N–H and O–H groups in total. The highest BCUT2D eigenvalue weighted by Gasteiger charge is 1.93. The van der Waals surface area contributed by atoms with Gasteiger partial charge in [-0.05, 0) is 37.4 Å². The van der Waals surface area contributed by atoms with Gasteiger partial charge >= 0.3 is 5.97 Å². The Morgan fingerprint density at radius 3 is 2.60 bits per heavy atom. The Morgan fingerprint density at radius 1 is 1.40 bits per heavy atom. The highest BCUT2D eigenvalue weighted by Crippen LogP contribution is 2.14. The molecule has 0 radical (unpaired) electrons. The Morgan fingerprint density at radius 2 is 2.07 bits per heavy atom. The molecule has 0 aliphatic rings. The van der Waals surface area contributed by atoms with Crippen molar-refractivity contribution in [3.63, 3.8) is 0 Å². The van der Waals surface area contributed by atoms with Crippen molar-refractivity contribution >= 4 is 17.7 Å². The van der Waals surface area contributed by atoms with Crippen LogP contribution in [0.2, 0.25) is 0 Å². The highest BCUT2D eigenvalue weighted by molar-refractivity contribution is 7.98. The third-order valence-corrected chi connectivity index (χ3v) is 2.42. The van der Waals surface area contributed by atoms with Crippen LogP contribution < -0.4 is 0 Å². The lowest BCUT2D eigenvalue weighted by atomic mass is 10.2. The van der Waals surface area contributed by atoms with Gasteiger partial charge in [-0.25, -0.2) is 4.79 Å². The van der Waals surface area contributed by atoms with Crippen LogP contribution in [0.3, 0.4) is 0 Å². The first-order valence-electron chi connectivity index (χ1n) is 4.59. The van der Waals surface area contributed by atoms with E-state index in [2.05, 4.69) is 11.8 Å². The Hall–Kier alpha value is -1.40. The second-order valence-electron chi connectivity index (χ2n) is 2.70. The molecular formula is C12H12O2S. The van der Waals surface area contributed by atoms with E-state index in [1.54, 1.807) is 18.7 Å². The maximum Gasteiger partial charge on any atom is 0.384 e. The fourth-order valence-electron chi connectivity index (χ4n) is 0.965. The summed E-state index contributed by atoms with van der Waals surface area (Å²) in [6.07, 6.45) is 2.01. The van der Waals surface area contributed by atoms with Crippen LogP contribution in [0.15, 0.2) is 29.2 Å². The van der Waals surface area contributed by atoms with Gasteiger partial charge in [0.05, 0.1) is 6.61 Å². The molecule has 0 amide bonds. The molecular weight excluding hydrogens is 208 g/mol. The first-order valence-corrected chi connectivity index (χ1v) is 5.81. The lowest BCUT2D eigenvalue weighted by Crippen LogP contribution is -1.99. The minimum atomic E-state index is -0.480. The largest absolute Gasteiger partial charge is 0.456 e. The van der Waals surface area contributed by atoms with Crippen molar-refractivity contribution in [2.24, 2.45) is 0 Å². The predicted octanol–water partition coefficient (Wildman–Crippen LogP) is 2.32. The summed E-state index contributed by atoms with van der Waals surface area (Å²) in [6, 6.07) is 7.72. The molecule has 0 atom stereocenters. The molecule has 1 rings (SSSR count). The van der Waals surface area contributed by atoms with Crippen LogP contribution in [0.25, 0.3) is 0 Å². The summed E-state index contributed by atoms with van der Waals surface area (Å²) in [4.78, 5) is 12.1. The molecule has 2 nitrogen and oxygen atoms in total. The summed E-state index contributed by atoms with van der Waals surface area (Å²) < 4.78 is 4.69. The molecule has 3 heteroatoms. The van der Waals surface area contributed by atoms with Gasteiger partial charge < -0.3 is 4.74 Å². The molecule has 0 fully saturated rings. The van der Waals surface area contributed by atoms with E-state index in [1.807, 2.05) is 30.5 Å². The third-order valence-electron chi connectivity index (χ3n) is 1.67. The summed E-state index contributed by atoms with van der Waals surface area (Å²) in [5.74, 6) is 4.69. The molecule has 0 heterocycles. The molecule has 0 bridgehead atoms. The standard InChI is InChI=1S/C12H12O2S/c1-3-14-12(13)9-6-10-4-7-11(15-2)8-5-10/h4-5,7-8H,3H2,1-2H3. The molecule has 0 saturated heterocycles. The van der Waals surface area contributed by atoms with Gasteiger partial charge in [0, 0.05) is 16.4 Å². The van der Waals surface area contributed by atoms with E-state index in [0.717, 1.165) is 5.56 Å². The minimum absolute atomic E-state index is 0.360. The Labute approximate surface area is 94.0 Å². The number of esters is 1. The molecule has 0 aliphatic heterocycles. The second kappa shape index (κ2) is 6.15. The number of hydrogen-bond donors (Lipinski definition) is 0. The number of thioether (sulfide) groups is 1. The van der Waals surface area contributed by atoms with Crippen molar-refractivity contribution in [2.45, 2.75) is 11.8 Å². The lowest BCUT2D eigenvalue weighted by Gasteiger charge is -1.95. The van der Waals surface area contributed by atoms with Crippen LogP contribution in [0.5, 0.6) is 0 Å². The van der Waals surface area contributed by atoms with E-state index >= 15 is 0 Å². The summed E-state index contributed by atoms with van der Waals surface area (Å²) >= 11 is 1.67. The van der Waals surface area contributed by atoms with E-state index in [-0.39, 0.29) is 0 Å². The first kappa shape index (κ1) is 11.7. The van der Waals surface area contributed by atoms with Crippen LogP contribution in [0.4, 0.5) is 0 Å². The molecule has 0 spiro atoms. The fraction of sp³-hybridized carbons (Fsp3) is 0.250. The number of benzene rings is 1. The Balaban J connectivity index is 2.68. The Bertz CT molecular complexity index is 384. The zero-order valence-corrected chi connectivity index (χ0v) is 9.56. The highest BCUT2D eigenvalue weighted by atomic mass is 32.2. The normalized spacial score (nSPS) is 8.93. The number of rotatable bonds is 2. The molecule has 1 aromatic carbocycles.